The molecule has 1 amide bonds. The lowest BCUT2D eigenvalue weighted by atomic mass is 10.1. The topological polar surface area (TPSA) is 92.5 Å². The fraction of sp³-hybridized carbons (Fsp3) is 0.462. The zero-order chi connectivity index (χ0) is 15.6. The summed E-state index contributed by atoms with van der Waals surface area (Å²) in [5.41, 5.74) is 6.67. The van der Waals surface area contributed by atoms with E-state index in [1.165, 1.54) is 10.6 Å². The number of carbonyl (C=O) groups excluding carboxylic acids is 1. The second-order valence-corrected chi connectivity index (χ2v) is 8.04. The Balaban J connectivity index is 1.96. The third-order valence-electron chi connectivity index (χ3n) is 3.52. The fourth-order valence-corrected chi connectivity index (χ4v) is 3.59. The maximum atomic E-state index is 12.2. The Bertz CT molecular complexity index is 640. The van der Waals surface area contributed by atoms with Crippen molar-refractivity contribution < 1.29 is 13.2 Å². The molecule has 21 heavy (non-hydrogen) atoms. The highest BCUT2D eigenvalue weighted by molar-refractivity contribution is 9.10. The van der Waals surface area contributed by atoms with Crippen LogP contribution in [0.2, 0.25) is 0 Å². The monoisotopic (exact) mass is 375 g/mol. The summed E-state index contributed by atoms with van der Waals surface area (Å²) in [5.74, 6) is -0.224. The van der Waals surface area contributed by atoms with E-state index in [2.05, 4.69) is 21.2 Å². The van der Waals surface area contributed by atoms with Gasteiger partial charge in [-0.3, -0.25) is 4.79 Å². The maximum absolute atomic E-state index is 12.2. The molecular weight excluding hydrogens is 358 g/mol. The van der Waals surface area contributed by atoms with Crippen molar-refractivity contribution in [1.82, 2.24) is 9.62 Å². The van der Waals surface area contributed by atoms with Crippen molar-refractivity contribution in [3.8, 4) is 0 Å². The van der Waals surface area contributed by atoms with Gasteiger partial charge in [0.25, 0.3) is 5.91 Å². The van der Waals surface area contributed by atoms with Gasteiger partial charge >= 0.3 is 0 Å². The first-order valence-corrected chi connectivity index (χ1v) is 9.22. The largest absolute Gasteiger partial charge is 0.398 e. The molecule has 0 aliphatic carbocycles. The number of nitrogens with zero attached hydrogens (tertiary/aromatic N) is 1. The summed E-state index contributed by atoms with van der Waals surface area (Å²) in [7, 11) is -3.15. The van der Waals surface area contributed by atoms with Gasteiger partial charge in [0, 0.05) is 29.3 Å². The first kappa shape index (κ1) is 16.3. The molecule has 116 valence electrons. The predicted molar refractivity (Wildman–Crippen MR) is 85.5 cm³/mol. The molecule has 1 aromatic carbocycles. The Morgan fingerprint density at radius 1 is 1.38 bits per heavy atom. The minimum Gasteiger partial charge on any atom is -0.398 e. The number of nitrogens with two attached hydrogens (primary N) is 1. The van der Waals surface area contributed by atoms with Gasteiger partial charge in [0.05, 0.1) is 11.8 Å². The van der Waals surface area contributed by atoms with Crippen LogP contribution < -0.4 is 11.1 Å². The number of nitrogens with one attached hydrogen (secondary N) is 1. The quantitative estimate of drug-likeness (QED) is 0.775. The van der Waals surface area contributed by atoms with Crippen LogP contribution >= 0.6 is 15.9 Å². The van der Waals surface area contributed by atoms with Crippen LogP contribution in [0.1, 0.15) is 23.2 Å². The molecule has 0 bridgehead atoms. The van der Waals surface area contributed by atoms with E-state index in [1.807, 2.05) is 0 Å². The van der Waals surface area contributed by atoms with Crippen LogP contribution in [0.4, 0.5) is 5.69 Å². The van der Waals surface area contributed by atoms with E-state index in [1.54, 1.807) is 18.2 Å². The standard InChI is InChI=1S/C13H18BrN3O3S/c1-21(19,20)17-6-4-10(5-7-17)16-13(18)11-3-2-9(14)8-12(11)15/h2-3,8,10H,4-7,15H2,1H3,(H,16,18). The van der Waals surface area contributed by atoms with Gasteiger partial charge in [0.1, 0.15) is 0 Å². The van der Waals surface area contributed by atoms with E-state index in [0.29, 0.717) is 37.2 Å². The number of benzene rings is 1. The summed E-state index contributed by atoms with van der Waals surface area (Å²) in [6.45, 7) is 0.860. The van der Waals surface area contributed by atoms with Crippen molar-refractivity contribution in [2.45, 2.75) is 18.9 Å². The van der Waals surface area contributed by atoms with Gasteiger partial charge in [0.15, 0.2) is 0 Å². The maximum Gasteiger partial charge on any atom is 0.253 e. The lowest BCUT2D eigenvalue weighted by Crippen LogP contribution is -2.46. The minimum atomic E-state index is -3.15. The van der Waals surface area contributed by atoms with Crippen molar-refractivity contribution in [2.24, 2.45) is 0 Å². The highest BCUT2D eigenvalue weighted by Gasteiger charge is 2.26. The van der Waals surface area contributed by atoms with Gasteiger partial charge in [-0.05, 0) is 31.0 Å². The molecule has 0 saturated carbocycles. The average molecular weight is 376 g/mol. The number of nitrogen functional groups attached to an aromatic ring is 1. The van der Waals surface area contributed by atoms with E-state index in [9.17, 15) is 13.2 Å². The van der Waals surface area contributed by atoms with Crippen LogP contribution in [0.15, 0.2) is 22.7 Å². The second kappa shape index (κ2) is 6.33. The van der Waals surface area contributed by atoms with Gasteiger partial charge in [0.2, 0.25) is 10.0 Å². The third-order valence-corrected chi connectivity index (χ3v) is 5.31. The molecule has 1 heterocycles. The van der Waals surface area contributed by atoms with Crippen LogP contribution in [-0.2, 0) is 10.0 Å². The number of hydrogen-bond donors (Lipinski definition) is 2. The number of hydrogen-bond acceptors (Lipinski definition) is 4. The molecule has 0 aromatic heterocycles. The summed E-state index contributed by atoms with van der Waals surface area (Å²) in [6, 6.07) is 5.08. The van der Waals surface area contributed by atoms with Gasteiger partial charge in [-0.2, -0.15) is 0 Å². The Kier molecular flexibility index (Phi) is 4.90. The molecule has 1 aliphatic heterocycles. The van der Waals surface area contributed by atoms with Crippen LogP contribution in [0.5, 0.6) is 0 Å². The number of halogens is 1. The number of amides is 1. The number of anilines is 1. The molecule has 1 saturated heterocycles. The number of sulfonamides is 1. The second-order valence-electron chi connectivity index (χ2n) is 5.14. The molecule has 0 unspecified atom stereocenters. The summed E-state index contributed by atoms with van der Waals surface area (Å²) >= 11 is 3.29. The molecule has 3 N–H and O–H groups in total. The van der Waals surface area contributed by atoms with Crippen molar-refractivity contribution in [2.75, 3.05) is 25.1 Å². The van der Waals surface area contributed by atoms with Crippen LogP contribution in [0.3, 0.4) is 0 Å². The minimum absolute atomic E-state index is 0.0291. The van der Waals surface area contributed by atoms with E-state index >= 15 is 0 Å². The molecule has 1 fully saturated rings. The van der Waals surface area contributed by atoms with Crippen LogP contribution in [-0.4, -0.2) is 44.0 Å². The molecule has 1 aromatic rings. The lowest BCUT2D eigenvalue weighted by molar-refractivity contribution is 0.0925. The molecule has 8 heteroatoms. The van der Waals surface area contributed by atoms with Gasteiger partial charge < -0.3 is 11.1 Å². The molecule has 0 spiro atoms. The van der Waals surface area contributed by atoms with E-state index in [-0.39, 0.29) is 11.9 Å². The van der Waals surface area contributed by atoms with E-state index < -0.39 is 10.0 Å². The van der Waals surface area contributed by atoms with Crippen molar-refractivity contribution in [3.63, 3.8) is 0 Å². The average Bonchev–Trinajstić information content (AvgIpc) is 2.38. The molecule has 0 atom stereocenters. The first-order valence-electron chi connectivity index (χ1n) is 6.58. The fourth-order valence-electron chi connectivity index (χ4n) is 2.34. The van der Waals surface area contributed by atoms with Crippen molar-refractivity contribution in [1.29, 1.82) is 0 Å². The third kappa shape index (κ3) is 4.18. The highest BCUT2D eigenvalue weighted by Crippen LogP contribution is 2.19. The summed E-state index contributed by atoms with van der Waals surface area (Å²) in [4.78, 5) is 12.2. The Labute approximate surface area is 132 Å². The van der Waals surface area contributed by atoms with Gasteiger partial charge in [-0.1, -0.05) is 15.9 Å². The zero-order valence-corrected chi connectivity index (χ0v) is 14.1. The van der Waals surface area contributed by atoms with Crippen molar-refractivity contribution >= 4 is 37.5 Å². The summed E-state index contributed by atoms with van der Waals surface area (Å²) in [6.07, 6.45) is 2.42. The molecule has 0 radical (unpaired) electrons. The predicted octanol–water partition coefficient (Wildman–Crippen LogP) is 1.19. The van der Waals surface area contributed by atoms with E-state index in [4.69, 9.17) is 5.73 Å². The summed E-state index contributed by atoms with van der Waals surface area (Å²) < 4.78 is 25.1. The van der Waals surface area contributed by atoms with Crippen LogP contribution in [0, 0.1) is 0 Å². The SMILES string of the molecule is CS(=O)(=O)N1CCC(NC(=O)c2ccc(Br)cc2N)CC1. The normalized spacial score (nSPS) is 17.6. The number of rotatable bonds is 3. The highest BCUT2D eigenvalue weighted by atomic mass is 79.9. The first-order chi connectivity index (χ1) is 9.77. The number of piperidine rings is 1. The van der Waals surface area contributed by atoms with Crippen molar-refractivity contribution in [3.05, 3.63) is 28.2 Å². The lowest BCUT2D eigenvalue weighted by Gasteiger charge is -2.30. The van der Waals surface area contributed by atoms with E-state index in [0.717, 1.165) is 4.47 Å². The molecular formula is C13H18BrN3O3S. The zero-order valence-electron chi connectivity index (χ0n) is 11.7. The Hall–Kier alpha value is -1.12. The van der Waals surface area contributed by atoms with Crippen LogP contribution in [0.25, 0.3) is 0 Å². The Morgan fingerprint density at radius 2 is 2.00 bits per heavy atom. The molecule has 2 rings (SSSR count). The molecule has 6 nitrogen and oxygen atoms in total. The number of carbonyl (C=O) groups is 1. The Morgan fingerprint density at radius 3 is 2.52 bits per heavy atom. The smallest absolute Gasteiger partial charge is 0.253 e. The van der Waals surface area contributed by atoms with Gasteiger partial charge in [-0.15, -0.1) is 0 Å². The molecule has 1 aliphatic rings. The van der Waals surface area contributed by atoms with Gasteiger partial charge in [-0.25, -0.2) is 12.7 Å². The summed E-state index contributed by atoms with van der Waals surface area (Å²) in [5, 5.41) is 2.91.